The molecule has 1 atom stereocenters. The van der Waals surface area contributed by atoms with E-state index in [0.29, 0.717) is 31.7 Å². The van der Waals surface area contributed by atoms with Crippen LogP contribution in [-0.4, -0.2) is 58.0 Å². The summed E-state index contributed by atoms with van der Waals surface area (Å²) in [5.74, 6) is 1.08. The third kappa shape index (κ3) is 4.14. The molecule has 0 aromatic carbocycles. The Morgan fingerprint density at radius 2 is 2.00 bits per heavy atom. The molecule has 8 heteroatoms. The molecule has 30 heavy (non-hydrogen) atoms. The molecular weight excluding hydrogens is 384 g/mol. The van der Waals surface area contributed by atoms with E-state index >= 15 is 0 Å². The van der Waals surface area contributed by atoms with Gasteiger partial charge in [-0.15, -0.1) is 0 Å². The monoisotopic (exact) mass is 414 g/mol. The SMILES string of the molecule is CCc1oc(C(=O)N2CCC[C@H](n3ncc(N4CCC(O)CC4)cc3=O)C2)cc1C. The van der Waals surface area contributed by atoms with Crippen molar-refractivity contribution in [3.63, 3.8) is 0 Å². The van der Waals surface area contributed by atoms with Gasteiger partial charge < -0.3 is 19.3 Å². The maximum atomic E-state index is 12.9. The number of aromatic nitrogens is 2. The zero-order valence-electron chi connectivity index (χ0n) is 17.7. The van der Waals surface area contributed by atoms with Crippen LogP contribution in [0.1, 0.15) is 60.5 Å². The fourth-order valence-electron chi connectivity index (χ4n) is 4.45. The summed E-state index contributed by atoms with van der Waals surface area (Å²) in [5.41, 5.74) is 1.64. The summed E-state index contributed by atoms with van der Waals surface area (Å²) in [6.07, 6.45) is 5.25. The smallest absolute Gasteiger partial charge is 0.289 e. The molecule has 2 fully saturated rings. The molecule has 8 nitrogen and oxygen atoms in total. The predicted molar refractivity (Wildman–Crippen MR) is 113 cm³/mol. The summed E-state index contributed by atoms with van der Waals surface area (Å²) in [5, 5.41) is 14.1. The van der Waals surface area contributed by atoms with Crippen LogP contribution >= 0.6 is 0 Å². The maximum absolute atomic E-state index is 12.9. The van der Waals surface area contributed by atoms with Crippen molar-refractivity contribution in [1.82, 2.24) is 14.7 Å². The lowest BCUT2D eigenvalue weighted by molar-refractivity contribution is 0.0636. The maximum Gasteiger partial charge on any atom is 0.289 e. The average molecular weight is 415 g/mol. The highest BCUT2D eigenvalue weighted by atomic mass is 16.4. The van der Waals surface area contributed by atoms with Gasteiger partial charge in [0.2, 0.25) is 0 Å². The van der Waals surface area contributed by atoms with Crippen molar-refractivity contribution in [1.29, 1.82) is 0 Å². The number of hydrogen-bond acceptors (Lipinski definition) is 6. The number of anilines is 1. The Balaban J connectivity index is 1.47. The van der Waals surface area contributed by atoms with E-state index in [9.17, 15) is 14.7 Å². The Morgan fingerprint density at radius 3 is 2.67 bits per heavy atom. The van der Waals surface area contributed by atoms with E-state index < -0.39 is 0 Å². The zero-order valence-corrected chi connectivity index (χ0v) is 17.7. The van der Waals surface area contributed by atoms with Crippen LogP contribution in [0.15, 0.2) is 27.5 Å². The summed E-state index contributed by atoms with van der Waals surface area (Å²) in [7, 11) is 0. The molecule has 2 aliphatic heterocycles. The first kappa shape index (κ1) is 20.7. The number of aliphatic hydroxyl groups is 1. The van der Waals surface area contributed by atoms with Crippen molar-refractivity contribution < 1.29 is 14.3 Å². The van der Waals surface area contributed by atoms with Crippen LogP contribution in [0, 0.1) is 6.92 Å². The molecule has 1 amide bonds. The summed E-state index contributed by atoms with van der Waals surface area (Å²) in [4.78, 5) is 29.6. The fourth-order valence-corrected chi connectivity index (χ4v) is 4.45. The van der Waals surface area contributed by atoms with Crippen molar-refractivity contribution in [2.24, 2.45) is 0 Å². The summed E-state index contributed by atoms with van der Waals surface area (Å²) in [6.45, 7) is 6.50. The van der Waals surface area contributed by atoms with Gasteiger partial charge in [0.15, 0.2) is 5.76 Å². The number of hydrogen-bond donors (Lipinski definition) is 1. The number of carbonyl (C=O) groups excluding carboxylic acids is 1. The van der Waals surface area contributed by atoms with Gasteiger partial charge in [-0.1, -0.05) is 6.92 Å². The molecule has 0 aliphatic carbocycles. The van der Waals surface area contributed by atoms with Gasteiger partial charge in [-0.2, -0.15) is 5.10 Å². The number of aliphatic hydroxyl groups excluding tert-OH is 1. The van der Waals surface area contributed by atoms with Gasteiger partial charge in [0.1, 0.15) is 5.76 Å². The molecule has 0 unspecified atom stereocenters. The van der Waals surface area contributed by atoms with E-state index in [1.165, 1.54) is 4.68 Å². The van der Waals surface area contributed by atoms with Crippen molar-refractivity contribution >= 4 is 11.6 Å². The molecule has 2 aromatic heterocycles. The topological polar surface area (TPSA) is 91.8 Å². The van der Waals surface area contributed by atoms with Gasteiger partial charge in [-0.25, -0.2) is 4.68 Å². The minimum Gasteiger partial charge on any atom is -0.456 e. The lowest BCUT2D eigenvalue weighted by Crippen LogP contribution is -2.43. The Labute approximate surface area is 176 Å². The van der Waals surface area contributed by atoms with Crippen LogP contribution in [0.25, 0.3) is 0 Å². The molecule has 4 heterocycles. The van der Waals surface area contributed by atoms with Gasteiger partial charge >= 0.3 is 0 Å². The van der Waals surface area contributed by atoms with Gasteiger partial charge in [-0.05, 0) is 44.2 Å². The van der Waals surface area contributed by atoms with Crippen molar-refractivity contribution in [3.05, 3.63) is 45.8 Å². The standard InChI is InChI=1S/C22H30N4O4/c1-3-19-15(2)11-20(30-19)22(29)25-8-4-5-16(14-25)26-21(28)12-17(13-23-26)24-9-6-18(27)7-10-24/h11-13,16,18,27H,3-10,14H2,1-2H3/t16-/m0/s1. The summed E-state index contributed by atoms with van der Waals surface area (Å²) >= 11 is 0. The first-order valence-electron chi connectivity index (χ1n) is 10.9. The lowest BCUT2D eigenvalue weighted by atomic mass is 10.1. The Morgan fingerprint density at radius 1 is 1.23 bits per heavy atom. The number of amides is 1. The van der Waals surface area contributed by atoms with Crippen LogP contribution in [0.2, 0.25) is 0 Å². The Bertz CT molecular complexity index is 958. The number of rotatable bonds is 4. The highest BCUT2D eigenvalue weighted by molar-refractivity contribution is 5.91. The van der Waals surface area contributed by atoms with E-state index in [-0.39, 0.29) is 23.6 Å². The van der Waals surface area contributed by atoms with E-state index in [1.807, 2.05) is 13.8 Å². The molecule has 2 aliphatic rings. The summed E-state index contributed by atoms with van der Waals surface area (Å²) < 4.78 is 7.24. The number of piperidine rings is 2. The first-order valence-corrected chi connectivity index (χ1v) is 10.9. The van der Waals surface area contributed by atoms with Gasteiger partial charge in [0, 0.05) is 38.7 Å². The fraction of sp³-hybridized carbons (Fsp3) is 0.591. The normalized spacial score (nSPS) is 20.6. The second kappa shape index (κ2) is 8.63. The number of likely N-dealkylation sites (tertiary alicyclic amines) is 1. The molecule has 1 N–H and O–H groups in total. The van der Waals surface area contributed by atoms with Crippen molar-refractivity contribution in [3.8, 4) is 0 Å². The number of furan rings is 1. The van der Waals surface area contributed by atoms with Gasteiger partial charge in [0.25, 0.3) is 11.5 Å². The molecular formula is C22H30N4O4. The third-order valence-corrected chi connectivity index (χ3v) is 6.22. The summed E-state index contributed by atoms with van der Waals surface area (Å²) in [6, 6.07) is 3.28. The number of carbonyl (C=O) groups is 1. The first-order chi connectivity index (χ1) is 14.5. The second-order valence-corrected chi connectivity index (χ2v) is 8.33. The molecule has 162 valence electrons. The van der Waals surface area contributed by atoms with Crippen molar-refractivity contribution in [2.45, 2.75) is 58.1 Å². The number of nitrogens with zero attached hydrogens (tertiary/aromatic N) is 4. The van der Waals surface area contributed by atoms with E-state index in [1.54, 1.807) is 23.2 Å². The molecule has 0 bridgehead atoms. The minimum absolute atomic E-state index is 0.126. The van der Waals surface area contributed by atoms with Crippen LogP contribution in [0.5, 0.6) is 0 Å². The highest BCUT2D eigenvalue weighted by Crippen LogP contribution is 2.24. The largest absolute Gasteiger partial charge is 0.456 e. The molecule has 0 saturated carbocycles. The Kier molecular flexibility index (Phi) is 5.94. The second-order valence-electron chi connectivity index (χ2n) is 8.33. The molecule has 4 rings (SSSR count). The zero-order chi connectivity index (χ0) is 21.3. The van der Waals surface area contributed by atoms with Crippen LogP contribution < -0.4 is 10.5 Å². The molecule has 0 spiro atoms. The highest BCUT2D eigenvalue weighted by Gasteiger charge is 2.29. The minimum atomic E-state index is -0.258. The van der Waals surface area contributed by atoms with E-state index in [0.717, 1.165) is 49.4 Å². The lowest BCUT2D eigenvalue weighted by Gasteiger charge is -2.33. The molecule has 2 saturated heterocycles. The third-order valence-electron chi connectivity index (χ3n) is 6.22. The van der Waals surface area contributed by atoms with Crippen molar-refractivity contribution in [2.75, 3.05) is 31.1 Å². The Hall–Kier alpha value is -2.61. The molecule has 0 radical (unpaired) electrons. The average Bonchev–Trinajstić information content (AvgIpc) is 3.14. The van der Waals surface area contributed by atoms with Crippen LogP contribution in [0.3, 0.4) is 0 Å². The number of aryl methyl sites for hydroxylation is 2. The molecule has 2 aromatic rings. The van der Waals surface area contributed by atoms with E-state index in [4.69, 9.17) is 4.42 Å². The van der Waals surface area contributed by atoms with Crippen LogP contribution in [-0.2, 0) is 6.42 Å². The quantitative estimate of drug-likeness (QED) is 0.824. The van der Waals surface area contributed by atoms with E-state index in [2.05, 4.69) is 10.00 Å². The van der Waals surface area contributed by atoms with Gasteiger partial charge in [-0.3, -0.25) is 9.59 Å². The van der Waals surface area contributed by atoms with Gasteiger partial charge in [0.05, 0.1) is 24.0 Å². The predicted octanol–water partition coefficient (Wildman–Crippen LogP) is 2.15. The van der Waals surface area contributed by atoms with Crippen LogP contribution in [0.4, 0.5) is 5.69 Å².